The molecule has 1 aromatic carbocycles. The quantitative estimate of drug-likeness (QED) is 0.729. The third kappa shape index (κ3) is 5.86. The van der Waals surface area contributed by atoms with Crippen LogP contribution in [0, 0.1) is 0 Å². The van der Waals surface area contributed by atoms with Gasteiger partial charge in [0.25, 0.3) is 0 Å². The summed E-state index contributed by atoms with van der Waals surface area (Å²) < 4.78 is 5.45. The monoisotopic (exact) mass is 430 g/mol. The highest BCUT2D eigenvalue weighted by Crippen LogP contribution is 2.28. The average Bonchev–Trinajstić information content (AvgIpc) is 2.66. The zero-order valence-electron chi connectivity index (χ0n) is 17.7. The first kappa shape index (κ1) is 21.9. The number of ether oxygens (including phenoxy) is 1. The van der Waals surface area contributed by atoms with E-state index in [-0.39, 0.29) is 12.0 Å². The number of piperazine rings is 1. The average molecular weight is 431 g/mol. The smallest absolute Gasteiger partial charge is 0.410 e. The standard InChI is InChI=1S/C22H27ClN4O3/c1-15(28)24-18-7-5-16(6-8-18)17-13-19(23)25-20(14-17)26-9-11-27(12-10-26)21(29)30-22(2,3)4/h5-8,13-14H,9-12H2,1-4H3,(H,24,28). The van der Waals surface area contributed by atoms with Gasteiger partial charge in [-0.15, -0.1) is 0 Å². The molecule has 2 heterocycles. The Morgan fingerprint density at radius 3 is 2.23 bits per heavy atom. The van der Waals surface area contributed by atoms with Crippen molar-refractivity contribution in [1.29, 1.82) is 0 Å². The largest absolute Gasteiger partial charge is 0.444 e. The fourth-order valence-electron chi connectivity index (χ4n) is 3.21. The Balaban J connectivity index is 1.70. The Bertz CT molecular complexity index is 917. The second-order valence-corrected chi connectivity index (χ2v) is 8.64. The fourth-order valence-corrected chi connectivity index (χ4v) is 3.41. The lowest BCUT2D eigenvalue weighted by molar-refractivity contribution is -0.114. The summed E-state index contributed by atoms with van der Waals surface area (Å²) in [5.41, 5.74) is 2.15. The number of carbonyl (C=O) groups excluding carboxylic acids is 2. The van der Waals surface area contributed by atoms with Gasteiger partial charge in [0.15, 0.2) is 0 Å². The maximum atomic E-state index is 12.3. The molecule has 0 bridgehead atoms. The topological polar surface area (TPSA) is 74.8 Å². The summed E-state index contributed by atoms with van der Waals surface area (Å²) in [5, 5.41) is 3.16. The van der Waals surface area contributed by atoms with Crippen LogP contribution in [0.1, 0.15) is 27.7 Å². The summed E-state index contributed by atoms with van der Waals surface area (Å²) in [5.74, 6) is 0.662. The number of hydrogen-bond acceptors (Lipinski definition) is 5. The van der Waals surface area contributed by atoms with E-state index >= 15 is 0 Å². The highest BCUT2D eigenvalue weighted by molar-refractivity contribution is 6.29. The Morgan fingerprint density at radius 1 is 1.03 bits per heavy atom. The molecule has 1 aromatic heterocycles. The van der Waals surface area contributed by atoms with Gasteiger partial charge in [-0.3, -0.25) is 4.79 Å². The first-order chi connectivity index (χ1) is 14.1. The van der Waals surface area contributed by atoms with Gasteiger partial charge in [-0.1, -0.05) is 23.7 Å². The number of halogens is 1. The highest BCUT2D eigenvalue weighted by Gasteiger charge is 2.26. The van der Waals surface area contributed by atoms with Gasteiger partial charge in [-0.05, 0) is 56.2 Å². The van der Waals surface area contributed by atoms with E-state index in [0.29, 0.717) is 31.3 Å². The molecule has 8 heteroatoms. The van der Waals surface area contributed by atoms with Crippen molar-refractivity contribution in [3.05, 3.63) is 41.6 Å². The molecule has 0 atom stereocenters. The molecule has 1 fully saturated rings. The molecule has 1 N–H and O–H groups in total. The molecule has 0 spiro atoms. The van der Waals surface area contributed by atoms with Crippen LogP contribution >= 0.6 is 11.6 Å². The molecule has 0 unspecified atom stereocenters. The molecule has 1 saturated heterocycles. The molecule has 2 amide bonds. The van der Waals surface area contributed by atoms with Crippen LogP contribution in [-0.4, -0.2) is 53.7 Å². The van der Waals surface area contributed by atoms with Crippen molar-refractivity contribution < 1.29 is 14.3 Å². The van der Waals surface area contributed by atoms with Crippen LogP contribution in [0.2, 0.25) is 5.15 Å². The van der Waals surface area contributed by atoms with Crippen molar-refractivity contribution in [2.45, 2.75) is 33.3 Å². The summed E-state index contributed by atoms with van der Waals surface area (Å²) in [4.78, 5) is 31.8. The van der Waals surface area contributed by atoms with Crippen LogP contribution in [0.3, 0.4) is 0 Å². The van der Waals surface area contributed by atoms with Crippen LogP contribution in [-0.2, 0) is 9.53 Å². The van der Waals surface area contributed by atoms with Crippen LogP contribution in [0.4, 0.5) is 16.3 Å². The molecule has 0 aliphatic carbocycles. The van der Waals surface area contributed by atoms with Gasteiger partial charge in [0.05, 0.1) is 0 Å². The Hall–Kier alpha value is -2.80. The van der Waals surface area contributed by atoms with E-state index < -0.39 is 5.60 Å². The van der Waals surface area contributed by atoms with Crippen LogP contribution in [0.25, 0.3) is 11.1 Å². The van der Waals surface area contributed by atoms with Crippen molar-refractivity contribution in [1.82, 2.24) is 9.88 Å². The van der Waals surface area contributed by atoms with Gasteiger partial charge in [0.1, 0.15) is 16.6 Å². The van der Waals surface area contributed by atoms with E-state index in [0.717, 1.165) is 22.6 Å². The number of nitrogens with zero attached hydrogens (tertiary/aromatic N) is 3. The molecule has 1 aliphatic rings. The number of pyridine rings is 1. The number of anilines is 2. The second kappa shape index (κ2) is 8.92. The molecule has 0 saturated carbocycles. The molecule has 2 aromatic rings. The van der Waals surface area contributed by atoms with E-state index in [1.807, 2.05) is 57.2 Å². The van der Waals surface area contributed by atoms with Crippen molar-refractivity contribution >= 4 is 35.1 Å². The molecular formula is C22H27ClN4O3. The number of nitrogens with one attached hydrogen (secondary N) is 1. The first-order valence-electron chi connectivity index (χ1n) is 9.89. The van der Waals surface area contributed by atoms with Crippen LogP contribution < -0.4 is 10.2 Å². The zero-order chi connectivity index (χ0) is 21.9. The fraction of sp³-hybridized carbons (Fsp3) is 0.409. The van der Waals surface area contributed by atoms with Gasteiger partial charge < -0.3 is 19.9 Å². The summed E-state index contributed by atoms with van der Waals surface area (Å²) in [7, 11) is 0. The van der Waals surface area contributed by atoms with Crippen LogP contribution in [0.15, 0.2) is 36.4 Å². The van der Waals surface area contributed by atoms with E-state index in [1.165, 1.54) is 6.92 Å². The van der Waals surface area contributed by atoms with Crippen LogP contribution in [0.5, 0.6) is 0 Å². The molecule has 160 valence electrons. The van der Waals surface area contributed by atoms with Gasteiger partial charge in [-0.2, -0.15) is 0 Å². The number of rotatable bonds is 3. The normalized spacial score (nSPS) is 14.4. The predicted molar refractivity (Wildman–Crippen MR) is 119 cm³/mol. The van der Waals surface area contributed by atoms with E-state index in [1.54, 1.807) is 4.90 Å². The van der Waals surface area contributed by atoms with Crippen molar-refractivity contribution in [3.8, 4) is 11.1 Å². The predicted octanol–water partition coefficient (Wildman–Crippen LogP) is 4.42. The number of hydrogen-bond donors (Lipinski definition) is 1. The maximum Gasteiger partial charge on any atom is 0.410 e. The molecule has 1 aliphatic heterocycles. The second-order valence-electron chi connectivity index (χ2n) is 8.25. The van der Waals surface area contributed by atoms with Gasteiger partial charge >= 0.3 is 6.09 Å². The SMILES string of the molecule is CC(=O)Nc1ccc(-c2cc(Cl)nc(N3CCN(C(=O)OC(C)(C)C)CC3)c2)cc1. The summed E-state index contributed by atoms with van der Waals surface area (Å²) >= 11 is 6.29. The Labute approximate surface area is 182 Å². The molecule has 3 rings (SSSR count). The lowest BCUT2D eigenvalue weighted by atomic mass is 10.1. The Kier molecular flexibility index (Phi) is 6.51. The van der Waals surface area contributed by atoms with Gasteiger partial charge in [0, 0.05) is 38.8 Å². The van der Waals surface area contributed by atoms with Crippen molar-refractivity contribution in [2.24, 2.45) is 0 Å². The Morgan fingerprint density at radius 2 is 1.67 bits per heavy atom. The minimum Gasteiger partial charge on any atom is -0.444 e. The third-order valence-corrected chi connectivity index (χ3v) is 4.77. The highest BCUT2D eigenvalue weighted by atomic mass is 35.5. The lowest BCUT2D eigenvalue weighted by Gasteiger charge is -2.36. The zero-order valence-corrected chi connectivity index (χ0v) is 18.5. The molecule has 0 radical (unpaired) electrons. The van der Waals surface area contributed by atoms with Gasteiger partial charge in [0.2, 0.25) is 5.91 Å². The summed E-state index contributed by atoms with van der Waals surface area (Å²) in [6.45, 7) is 9.48. The lowest BCUT2D eigenvalue weighted by Crippen LogP contribution is -2.50. The number of carbonyl (C=O) groups is 2. The first-order valence-corrected chi connectivity index (χ1v) is 10.3. The minimum absolute atomic E-state index is 0.109. The number of benzene rings is 1. The van der Waals surface area contributed by atoms with Crippen molar-refractivity contribution in [2.75, 3.05) is 36.4 Å². The summed E-state index contributed by atoms with van der Waals surface area (Å²) in [6.07, 6.45) is -0.291. The molecule has 30 heavy (non-hydrogen) atoms. The number of amides is 2. The minimum atomic E-state index is -0.507. The van der Waals surface area contributed by atoms with Gasteiger partial charge in [-0.25, -0.2) is 9.78 Å². The van der Waals surface area contributed by atoms with E-state index in [9.17, 15) is 9.59 Å². The molecular weight excluding hydrogens is 404 g/mol. The maximum absolute atomic E-state index is 12.3. The van der Waals surface area contributed by atoms with Crippen molar-refractivity contribution in [3.63, 3.8) is 0 Å². The summed E-state index contributed by atoms with van der Waals surface area (Å²) in [6, 6.07) is 11.4. The molecule has 7 nitrogen and oxygen atoms in total. The van der Waals surface area contributed by atoms with E-state index in [2.05, 4.69) is 15.2 Å². The number of aromatic nitrogens is 1. The third-order valence-electron chi connectivity index (χ3n) is 4.57. The van der Waals surface area contributed by atoms with E-state index in [4.69, 9.17) is 16.3 Å².